The fourth-order valence-corrected chi connectivity index (χ4v) is 5.65. The first-order valence-corrected chi connectivity index (χ1v) is 9.46. The van der Waals surface area contributed by atoms with Gasteiger partial charge in [0.2, 0.25) is 5.91 Å². The minimum atomic E-state index is -0.286. The molecule has 2 atom stereocenters. The molecule has 1 saturated carbocycles. The zero-order chi connectivity index (χ0) is 18.7. The van der Waals surface area contributed by atoms with Crippen molar-refractivity contribution < 1.29 is 14.4 Å². The number of nitrogens with zero attached hydrogens (tertiary/aromatic N) is 2. The monoisotopic (exact) mass is 354 g/mol. The molecule has 3 amide bonds. The van der Waals surface area contributed by atoms with Crippen LogP contribution in [0.3, 0.4) is 0 Å². The quantitative estimate of drug-likeness (QED) is 0.784. The molecule has 0 aromatic heterocycles. The van der Waals surface area contributed by atoms with Gasteiger partial charge in [-0.25, -0.2) is 0 Å². The van der Waals surface area contributed by atoms with E-state index in [4.69, 9.17) is 0 Å². The third-order valence-electron chi connectivity index (χ3n) is 6.25. The zero-order valence-corrected chi connectivity index (χ0v) is 15.7. The molecule has 0 spiro atoms. The average Bonchev–Trinajstić information content (AvgIpc) is 2.96. The zero-order valence-electron chi connectivity index (χ0n) is 15.7. The number of carbonyl (C=O) groups is 3. The number of hydrogen-bond donors (Lipinski definition) is 0. The first-order chi connectivity index (χ1) is 12.2. The Balaban J connectivity index is 1.44. The van der Waals surface area contributed by atoms with Crippen LogP contribution < -0.4 is 0 Å². The van der Waals surface area contributed by atoms with Gasteiger partial charge in [0.05, 0.1) is 11.1 Å². The van der Waals surface area contributed by atoms with Crippen LogP contribution in [0.2, 0.25) is 0 Å². The van der Waals surface area contributed by atoms with Crippen molar-refractivity contribution >= 4 is 17.7 Å². The number of likely N-dealkylation sites (tertiary alicyclic amines) is 1. The van der Waals surface area contributed by atoms with Crippen molar-refractivity contribution in [2.75, 3.05) is 13.1 Å². The number of imide groups is 1. The minimum Gasteiger partial charge on any atom is -0.337 e. The maximum atomic E-state index is 12.9. The summed E-state index contributed by atoms with van der Waals surface area (Å²) in [5.74, 6) is 0.0491. The Morgan fingerprint density at radius 1 is 1.08 bits per heavy atom. The van der Waals surface area contributed by atoms with Gasteiger partial charge in [-0.05, 0) is 49.7 Å². The molecule has 1 saturated heterocycles. The fraction of sp³-hybridized carbons (Fsp3) is 0.571. The van der Waals surface area contributed by atoms with Crippen molar-refractivity contribution in [3.63, 3.8) is 0 Å². The second-order valence-corrected chi connectivity index (χ2v) is 9.17. The molecule has 4 rings (SSSR count). The Hall–Kier alpha value is -2.17. The Labute approximate surface area is 154 Å². The Morgan fingerprint density at radius 3 is 2.31 bits per heavy atom. The van der Waals surface area contributed by atoms with Gasteiger partial charge in [-0.3, -0.25) is 19.3 Å². The molecule has 5 heteroatoms. The van der Waals surface area contributed by atoms with E-state index >= 15 is 0 Å². The molecular formula is C21H26N2O3. The maximum absolute atomic E-state index is 12.9. The number of fused-ring (bicyclic) bond motifs is 3. The second-order valence-electron chi connectivity index (χ2n) is 9.17. The van der Waals surface area contributed by atoms with Gasteiger partial charge in [-0.1, -0.05) is 26.0 Å². The summed E-state index contributed by atoms with van der Waals surface area (Å²) in [5.41, 5.74) is 1.05. The van der Waals surface area contributed by atoms with E-state index in [0.717, 1.165) is 25.8 Å². The summed E-state index contributed by atoms with van der Waals surface area (Å²) in [4.78, 5) is 41.1. The normalized spacial score (nSPS) is 29.3. The molecular weight excluding hydrogens is 328 g/mol. The highest BCUT2D eigenvalue weighted by Crippen LogP contribution is 2.51. The van der Waals surface area contributed by atoms with Crippen LogP contribution in [-0.4, -0.2) is 46.1 Å². The van der Waals surface area contributed by atoms with Gasteiger partial charge in [0.25, 0.3) is 11.8 Å². The van der Waals surface area contributed by atoms with Crippen molar-refractivity contribution in [2.45, 2.75) is 52.0 Å². The SMILES string of the molecule is CC1(C)CC2CN(C(=O)CCN3C(=O)c4ccccc4C3=O)C(C)(C2)C1. The average molecular weight is 354 g/mol. The lowest BCUT2D eigenvalue weighted by molar-refractivity contribution is -0.135. The number of rotatable bonds is 3. The predicted octanol–water partition coefficient (Wildman–Crippen LogP) is 3.10. The van der Waals surface area contributed by atoms with Crippen LogP contribution in [0.5, 0.6) is 0 Å². The van der Waals surface area contributed by atoms with E-state index in [1.165, 1.54) is 4.90 Å². The molecule has 0 N–H and O–H groups in total. The molecule has 3 aliphatic rings. The van der Waals surface area contributed by atoms with Crippen LogP contribution >= 0.6 is 0 Å². The standard InChI is InChI=1S/C21H26N2O3/c1-20(2)10-14-11-21(3,13-20)23(12-14)17(24)8-9-22-18(25)15-6-4-5-7-16(15)19(22)26/h4-7,14H,8-13H2,1-3H3. The Morgan fingerprint density at radius 2 is 1.69 bits per heavy atom. The van der Waals surface area contributed by atoms with E-state index in [9.17, 15) is 14.4 Å². The van der Waals surface area contributed by atoms with E-state index in [0.29, 0.717) is 17.0 Å². The summed E-state index contributed by atoms with van der Waals surface area (Å²) in [6.45, 7) is 7.72. The first-order valence-electron chi connectivity index (χ1n) is 9.46. The predicted molar refractivity (Wildman–Crippen MR) is 97.7 cm³/mol. The largest absolute Gasteiger partial charge is 0.337 e. The number of hydrogen-bond acceptors (Lipinski definition) is 3. The summed E-state index contributed by atoms with van der Waals surface area (Å²) < 4.78 is 0. The van der Waals surface area contributed by atoms with E-state index in [1.54, 1.807) is 24.3 Å². The summed E-state index contributed by atoms with van der Waals surface area (Å²) >= 11 is 0. The van der Waals surface area contributed by atoms with E-state index in [-0.39, 0.29) is 41.6 Å². The van der Waals surface area contributed by atoms with E-state index in [2.05, 4.69) is 20.8 Å². The third-order valence-corrected chi connectivity index (χ3v) is 6.25. The molecule has 1 aromatic rings. The van der Waals surface area contributed by atoms with Crippen molar-refractivity contribution in [3.05, 3.63) is 35.4 Å². The summed E-state index contributed by atoms with van der Waals surface area (Å²) in [6, 6.07) is 6.85. The number of amides is 3. The van der Waals surface area contributed by atoms with Crippen molar-refractivity contribution in [1.29, 1.82) is 0 Å². The molecule has 26 heavy (non-hydrogen) atoms. The second kappa shape index (κ2) is 5.66. The summed E-state index contributed by atoms with van der Waals surface area (Å²) in [6.07, 6.45) is 3.43. The van der Waals surface area contributed by atoms with Gasteiger partial charge in [0.15, 0.2) is 0 Å². The molecule has 2 heterocycles. The van der Waals surface area contributed by atoms with Gasteiger partial charge < -0.3 is 4.90 Å². The molecule has 2 aliphatic heterocycles. The van der Waals surface area contributed by atoms with Crippen molar-refractivity contribution in [1.82, 2.24) is 9.80 Å². The summed E-state index contributed by atoms with van der Waals surface area (Å²) in [7, 11) is 0. The topological polar surface area (TPSA) is 57.7 Å². The van der Waals surface area contributed by atoms with Crippen molar-refractivity contribution in [2.24, 2.45) is 11.3 Å². The highest BCUT2D eigenvalue weighted by atomic mass is 16.2. The lowest BCUT2D eigenvalue weighted by atomic mass is 9.67. The Bertz CT molecular complexity index is 765. The van der Waals surface area contributed by atoms with Crippen LogP contribution in [0.15, 0.2) is 24.3 Å². The van der Waals surface area contributed by atoms with E-state index < -0.39 is 0 Å². The molecule has 138 valence electrons. The molecule has 1 aliphatic carbocycles. The minimum absolute atomic E-state index is 0.0595. The van der Waals surface area contributed by atoms with Crippen molar-refractivity contribution in [3.8, 4) is 0 Å². The molecule has 1 aromatic carbocycles. The van der Waals surface area contributed by atoms with Crippen LogP contribution in [0.4, 0.5) is 0 Å². The van der Waals surface area contributed by atoms with Crippen LogP contribution in [-0.2, 0) is 4.79 Å². The van der Waals surface area contributed by atoms with Gasteiger partial charge in [-0.2, -0.15) is 0 Å². The molecule has 0 radical (unpaired) electrons. The molecule has 2 bridgehead atoms. The van der Waals surface area contributed by atoms with Crippen LogP contribution in [0.25, 0.3) is 0 Å². The molecule has 5 nitrogen and oxygen atoms in total. The Kier molecular flexibility index (Phi) is 3.76. The summed E-state index contributed by atoms with van der Waals surface area (Å²) in [5, 5.41) is 0. The lowest BCUT2D eigenvalue weighted by Gasteiger charge is -2.43. The number of benzene rings is 1. The molecule has 2 unspecified atom stereocenters. The van der Waals surface area contributed by atoms with Gasteiger partial charge in [0.1, 0.15) is 0 Å². The molecule has 2 fully saturated rings. The van der Waals surface area contributed by atoms with Gasteiger partial charge >= 0.3 is 0 Å². The smallest absolute Gasteiger partial charge is 0.261 e. The number of carbonyl (C=O) groups excluding carboxylic acids is 3. The lowest BCUT2D eigenvalue weighted by Crippen LogP contribution is -2.48. The van der Waals surface area contributed by atoms with Gasteiger partial charge in [0, 0.05) is 25.0 Å². The maximum Gasteiger partial charge on any atom is 0.261 e. The van der Waals surface area contributed by atoms with Crippen LogP contribution in [0.1, 0.15) is 67.2 Å². The highest BCUT2D eigenvalue weighted by molar-refractivity contribution is 6.21. The third kappa shape index (κ3) is 2.65. The van der Waals surface area contributed by atoms with Gasteiger partial charge in [-0.15, -0.1) is 0 Å². The van der Waals surface area contributed by atoms with E-state index in [1.807, 2.05) is 4.90 Å². The van der Waals surface area contributed by atoms with Crippen LogP contribution in [0, 0.1) is 11.3 Å². The first kappa shape index (κ1) is 17.3. The highest BCUT2D eigenvalue weighted by Gasteiger charge is 2.51. The fourth-order valence-electron chi connectivity index (χ4n) is 5.65.